The van der Waals surface area contributed by atoms with Gasteiger partial charge in [-0.05, 0) is 43.7 Å². The van der Waals surface area contributed by atoms with E-state index in [9.17, 15) is 22.8 Å². The summed E-state index contributed by atoms with van der Waals surface area (Å²) in [5.41, 5.74) is 5.43. The fraction of sp³-hybridized carbons (Fsp3) is 0.263. The van der Waals surface area contributed by atoms with Crippen molar-refractivity contribution in [3.63, 3.8) is 0 Å². The predicted octanol–water partition coefficient (Wildman–Crippen LogP) is 1.88. The summed E-state index contributed by atoms with van der Waals surface area (Å²) in [4.78, 5) is 31.5. The van der Waals surface area contributed by atoms with E-state index >= 15 is 0 Å². The molecule has 1 atom stereocenters. The van der Waals surface area contributed by atoms with Gasteiger partial charge in [0.2, 0.25) is 5.91 Å². The number of alkyl halides is 3. The van der Waals surface area contributed by atoms with Crippen LogP contribution in [0.25, 0.3) is 5.57 Å². The van der Waals surface area contributed by atoms with Crippen LogP contribution >= 0.6 is 0 Å². The number of anilines is 3. The van der Waals surface area contributed by atoms with Gasteiger partial charge in [0.1, 0.15) is 17.1 Å². The Labute approximate surface area is 174 Å². The molecule has 0 spiro atoms. The Hall–Kier alpha value is -3.67. The van der Waals surface area contributed by atoms with Crippen molar-refractivity contribution in [2.75, 3.05) is 22.5 Å². The van der Waals surface area contributed by atoms with Crippen molar-refractivity contribution >= 4 is 34.4 Å². The molecule has 1 saturated heterocycles. The maximum Gasteiger partial charge on any atom is 0.433 e. The highest BCUT2D eigenvalue weighted by Crippen LogP contribution is 2.36. The molecule has 31 heavy (non-hydrogen) atoms. The summed E-state index contributed by atoms with van der Waals surface area (Å²) in [5.74, 6) is -1.59. The van der Waals surface area contributed by atoms with Crippen molar-refractivity contribution in [2.45, 2.75) is 25.1 Å². The molecule has 4 rings (SSSR count). The normalized spacial score (nSPS) is 19.3. The number of carbonyl (C=O) groups excluding carboxylic acids is 2. The molecule has 2 aromatic rings. The van der Waals surface area contributed by atoms with Crippen LogP contribution in [0.1, 0.15) is 24.4 Å². The van der Waals surface area contributed by atoms with Crippen LogP contribution in [0.2, 0.25) is 0 Å². The maximum atomic E-state index is 13.0. The maximum absolute atomic E-state index is 13.0. The van der Waals surface area contributed by atoms with Gasteiger partial charge in [-0.25, -0.2) is 9.97 Å². The SMILES string of the molecule is NC(=O)/C(=C1\Nc2ccc(NC(=O)[C@H]3CCCN3)cc2N1)c1nccc(C(F)(F)F)n1. The minimum atomic E-state index is -4.70. The summed E-state index contributed by atoms with van der Waals surface area (Å²) in [7, 11) is 0. The second-order valence-electron chi connectivity index (χ2n) is 7.03. The quantitative estimate of drug-likeness (QED) is 0.465. The summed E-state index contributed by atoms with van der Waals surface area (Å²) in [6.45, 7) is 0.787. The molecule has 0 radical (unpaired) electrons. The van der Waals surface area contributed by atoms with Crippen LogP contribution in [0.5, 0.6) is 0 Å². The summed E-state index contributed by atoms with van der Waals surface area (Å²) < 4.78 is 39.0. The number of hydrogen-bond acceptors (Lipinski definition) is 7. The van der Waals surface area contributed by atoms with Gasteiger partial charge in [0, 0.05) is 11.9 Å². The average Bonchev–Trinajstić information content (AvgIpc) is 3.37. The molecule has 9 nitrogen and oxygen atoms in total. The number of halogens is 3. The minimum Gasteiger partial charge on any atom is -0.365 e. The van der Waals surface area contributed by atoms with E-state index < -0.39 is 23.6 Å². The number of aromatic nitrogens is 2. The molecule has 3 heterocycles. The molecule has 6 N–H and O–H groups in total. The molecule has 162 valence electrons. The van der Waals surface area contributed by atoms with Crippen molar-refractivity contribution < 1.29 is 22.8 Å². The minimum absolute atomic E-state index is 0.0442. The molecule has 12 heteroatoms. The third kappa shape index (κ3) is 4.28. The highest BCUT2D eigenvalue weighted by molar-refractivity contribution is 6.20. The largest absolute Gasteiger partial charge is 0.433 e. The van der Waals surface area contributed by atoms with E-state index in [1.54, 1.807) is 18.2 Å². The predicted molar refractivity (Wildman–Crippen MR) is 106 cm³/mol. The topological polar surface area (TPSA) is 134 Å². The Balaban J connectivity index is 1.61. The van der Waals surface area contributed by atoms with E-state index in [1.807, 2.05) is 0 Å². The van der Waals surface area contributed by atoms with Crippen LogP contribution in [-0.2, 0) is 15.8 Å². The van der Waals surface area contributed by atoms with Crippen molar-refractivity contribution in [3.05, 3.63) is 47.8 Å². The van der Waals surface area contributed by atoms with E-state index in [4.69, 9.17) is 5.73 Å². The van der Waals surface area contributed by atoms with Gasteiger partial charge in [0.05, 0.1) is 17.4 Å². The summed E-state index contributed by atoms with van der Waals surface area (Å²) in [6.07, 6.45) is -2.12. The van der Waals surface area contributed by atoms with Crippen LogP contribution in [0.3, 0.4) is 0 Å². The molecule has 2 aliphatic heterocycles. The third-order valence-corrected chi connectivity index (χ3v) is 4.85. The number of rotatable bonds is 4. The zero-order valence-electron chi connectivity index (χ0n) is 16.0. The summed E-state index contributed by atoms with van der Waals surface area (Å²) in [6, 6.07) is 5.39. The molecule has 0 saturated carbocycles. The molecule has 2 amide bonds. The highest BCUT2D eigenvalue weighted by Gasteiger charge is 2.34. The number of amides is 2. The fourth-order valence-electron chi connectivity index (χ4n) is 3.38. The van der Waals surface area contributed by atoms with Gasteiger partial charge in [0.15, 0.2) is 5.82 Å². The summed E-state index contributed by atoms with van der Waals surface area (Å²) >= 11 is 0. The second kappa shape index (κ2) is 7.87. The van der Waals surface area contributed by atoms with Gasteiger partial charge in [0.25, 0.3) is 5.91 Å². The molecular weight excluding hydrogens is 415 g/mol. The van der Waals surface area contributed by atoms with E-state index in [0.29, 0.717) is 23.1 Å². The van der Waals surface area contributed by atoms with E-state index in [2.05, 4.69) is 31.2 Å². The van der Waals surface area contributed by atoms with Gasteiger partial charge in [-0.15, -0.1) is 0 Å². The Kier molecular flexibility index (Phi) is 5.23. The first kappa shape index (κ1) is 20.6. The lowest BCUT2D eigenvalue weighted by Crippen LogP contribution is -2.35. The van der Waals surface area contributed by atoms with Gasteiger partial charge in [-0.2, -0.15) is 13.2 Å². The Bertz CT molecular complexity index is 1080. The molecule has 0 aliphatic carbocycles. The molecule has 1 aromatic heterocycles. The molecule has 0 bridgehead atoms. The first-order valence-electron chi connectivity index (χ1n) is 9.39. The van der Waals surface area contributed by atoms with Gasteiger partial charge in [-0.3, -0.25) is 9.59 Å². The van der Waals surface area contributed by atoms with Gasteiger partial charge < -0.3 is 27.0 Å². The monoisotopic (exact) mass is 433 g/mol. The number of nitrogens with one attached hydrogen (secondary N) is 4. The van der Waals surface area contributed by atoms with E-state index in [0.717, 1.165) is 25.6 Å². The van der Waals surface area contributed by atoms with E-state index in [-0.39, 0.29) is 23.3 Å². The number of hydrogen-bond donors (Lipinski definition) is 5. The number of carbonyl (C=O) groups is 2. The number of nitrogens with two attached hydrogens (primary N) is 1. The lowest BCUT2D eigenvalue weighted by atomic mass is 10.2. The van der Waals surface area contributed by atoms with Crippen LogP contribution in [-0.4, -0.2) is 34.4 Å². The first-order chi connectivity index (χ1) is 14.7. The Morgan fingerprint density at radius 2 is 1.94 bits per heavy atom. The van der Waals surface area contributed by atoms with Crippen molar-refractivity contribution in [2.24, 2.45) is 5.73 Å². The smallest absolute Gasteiger partial charge is 0.365 e. The zero-order valence-corrected chi connectivity index (χ0v) is 16.0. The molecule has 1 fully saturated rings. The van der Waals surface area contributed by atoms with Crippen LogP contribution in [0, 0.1) is 0 Å². The van der Waals surface area contributed by atoms with Crippen molar-refractivity contribution in [1.82, 2.24) is 15.3 Å². The molecular formula is C19H18F3N7O2. The second-order valence-corrected chi connectivity index (χ2v) is 7.03. The van der Waals surface area contributed by atoms with Crippen molar-refractivity contribution in [3.8, 4) is 0 Å². The lowest BCUT2D eigenvalue weighted by molar-refractivity contribution is -0.141. The number of nitrogens with zero attached hydrogens (tertiary/aromatic N) is 2. The Morgan fingerprint density at radius 3 is 2.61 bits per heavy atom. The number of primary amides is 1. The standard InChI is InChI=1S/C19H18F3N7O2/c20-19(21,22)13-5-7-25-16(29-13)14(15(23)30)17-27-10-4-3-9(8-12(10)28-17)26-18(31)11-2-1-6-24-11/h3-5,7-8,11,24,27-28H,1-2,6H2,(H2,23,30)(H,26,31)/b17-14-/t11-/m1/s1. The number of benzene rings is 1. The van der Waals surface area contributed by atoms with Gasteiger partial charge in [-0.1, -0.05) is 0 Å². The molecule has 0 unspecified atom stereocenters. The third-order valence-electron chi connectivity index (χ3n) is 4.85. The highest BCUT2D eigenvalue weighted by atomic mass is 19.4. The molecule has 1 aromatic carbocycles. The van der Waals surface area contributed by atoms with Crippen LogP contribution in [0.15, 0.2) is 36.3 Å². The van der Waals surface area contributed by atoms with Crippen molar-refractivity contribution in [1.29, 1.82) is 0 Å². The Morgan fingerprint density at radius 1 is 1.16 bits per heavy atom. The summed E-state index contributed by atoms with van der Waals surface area (Å²) in [5, 5.41) is 11.7. The van der Waals surface area contributed by atoms with Crippen LogP contribution in [0.4, 0.5) is 30.2 Å². The average molecular weight is 433 g/mol. The fourth-order valence-corrected chi connectivity index (χ4v) is 3.38. The number of fused-ring (bicyclic) bond motifs is 1. The van der Waals surface area contributed by atoms with Gasteiger partial charge >= 0.3 is 6.18 Å². The van der Waals surface area contributed by atoms with E-state index in [1.165, 1.54) is 0 Å². The first-order valence-corrected chi connectivity index (χ1v) is 9.39. The molecule has 2 aliphatic rings. The lowest BCUT2D eigenvalue weighted by Gasteiger charge is -2.11. The zero-order chi connectivity index (χ0) is 22.2. The van der Waals surface area contributed by atoms with Crippen LogP contribution < -0.4 is 27.0 Å².